The van der Waals surface area contributed by atoms with Gasteiger partial charge >= 0.3 is 6.41 Å². The first-order valence-corrected chi connectivity index (χ1v) is 6.51. The summed E-state index contributed by atoms with van der Waals surface area (Å²) in [5.41, 5.74) is 0. The Labute approximate surface area is 84.5 Å². The monoisotopic (exact) mass is 219 g/mol. The minimum absolute atomic E-state index is 0.0315. The maximum Gasteiger partial charge on any atom is 0.312 e. The average molecular weight is 219 g/mol. The number of hydrogen-bond donors (Lipinski definition) is 1. The predicted octanol–water partition coefficient (Wildman–Crippen LogP) is -0.543. The Morgan fingerprint density at radius 2 is 2.21 bits per heavy atom. The van der Waals surface area contributed by atoms with Crippen LogP contribution in [0.4, 0.5) is 0 Å². The van der Waals surface area contributed by atoms with Crippen LogP contribution in [-0.4, -0.2) is 45.1 Å². The van der Waals surface area contributed by atoms with Crippen molar-refractivity contribution >= 4 is 16.4 Å². The highest BCUT2D eigenvalue weighted by atomic mass is 32.2. The molecule has 1 saturated heterocycles. The first-order valence-electron chi connectivity index (χ1n) is 4.62. The molecule has 0 aromatic carbocycles. The standard InChI is InChI=1S/C8H15N2O3S/c1-14(12,13)9-6-8-4-2-3-5-10(8)7-11/h8-9H,2-6H2,1H3. The van der Waals surface area contributed by atoms with Gasteiger partial charge in [-0.1, -0.05) is 0 Å². The average Bonchev–Trinajstić information content (AvgIpc) is 2.14. The van der Waals surface area contributed by atoms with Gasteiger partial charge in [0.15, 0.2) is 0 Å². The molecule has 1 aliphatic heterocycles. The Morgan fingerprint density at radius 3 is 2.79 bits per heavy atom. The van der Waals surface area contributed by atoms with E-state index in [0.29, 0.717) is 13.1 Å². The highest BCUT2D eigenvalue weighted by Gasteiger charge is 2.22. The quantitative estimate of drug-likeness (QED) is 0.690. The van der Waals surface area contributed by atoms with Gasteiger partial charge in [-0.2, -0.15) is 0 Å². The summed E-state index contributed by atoms with van der Waals surface area (Å²) in [4.78, 5) is 12.1. The third-order valence-electron chi connectivity index (χ3n) is 2.33. The third kappa shape index (κ3) is 3.63. The number of nitrogens with zero attached hydrogens (tertiary/aromatic N) is 1. The lowest BCUT2D eigenvalue weighted by Crippen LogP contribution is -2.45. The van der Waals surface area contributed by atoms with Gasteiger partial charge in [-0.25, -0.2) is 13.1 Å². The van der Waals surface area contributed by atoms with E-state index in [4.69, 9.17) is 0 Å². The van der Waals surface area contributed by atoms with Crippen LogP contribution in [-0.2, 0) is 14.8 Å². The molecule has 1 fully saturated rings. The fraction of sp³-hybridized carbons (Fsp3) is 0.875. The van der Waals surface area contributed by atoms with Crippen molar-refractivity contribution in [2.24, 2.45) is 0 Å². The molecule has 0 aromatic heterocycles. The Hall–Kier alpha value is -0.620. The molecule has 1 unspecified atom stereocenters. The van der Waals surface area contributed by atoms with Gasteiger partial charge in [0.1, 0.15) is 0 Å². The maximum atomic E-state index is 10.8. The molecule has 1 N–H and O–H groups in total. The molecular weight excluding hydrogens is 204 g/mol. The fourth-order valence-electron chi connectivity index (χ4n) is 1.58. The van der Waals surface area contributed by atoms with Gasteiger partial charge in [0.25, 0.3) is 0 Å². The number of nitrogens with one attached hydrogen (secondary N) is 1. The van der Waals surface area contributed by atoms with Crippen molar-refractivity contribution in [2.75, 3.05) is 19.3 Å². The van der Waals surface area contributed by atoms with Crippen molar-refractivity contribution in [3.8, 4) is 0 Å². The fourth-order valence-corrected chi connectivity index (χ4v) is 2.08. The van der Waals surface area contributed by atoms with Crippen LogP contribution in [0.25, 0.3) is 0 Å². The Balaban J connectivity index is 2.45. The van der Waals surface area contributed by atoms with E-state index in [1.807, 2.05) is 6.41 Å². The molecule has 14 heavy (non-hydrogen) atoms. The first-order chi connectivity index (χ1) is 6.53. The molecule has 0 bridgehead atoms. The van der Waals surface area contributed by atoms with Gasteiger partial charge in [-0.15, -0.1) is 0 Å². The lowest BCUT2D eigenvalue weighted by molar-refractivity contribution is 0.232. The van der Waals surface area contributed by atoms with Crippen LogP contribution in [0.3, 0.4) is 0 Å². The smallest absolute Gasteiger partial charge is 0.312 e. The van der Waals surface area contributed by atoms with Gasteiger partial charge in [0.05, 0.1) is 6.26 Å². The number of carbonyl (C=O) groups excluding carboxylic acids is 1. The third-order valence-corrected chi connectivity index (χ3v) is 3.02. The van der Waals surface area contributed by atoms with Crippen molar-refractivity contribution in [1.29, 1.82) is 0 Å². The van der Waals surface area contributed by atoms with Crippen LogP contribution in [0, 0.1) is 0 Å². The lowest BCUT2D eigenvalue weighted by atomic mass is 10.0. The van der Waals surface area contributed by atoms with E-state index in [1.54, 1.807) is 4.90 Å². The van der Waals surface area contributed by atoms with Crippen molar-refractivity contribution in [3.05, 3.63) is 0 Å². The van der Waals surface area contributed by atoms with Gasteiger partial charge in [-0.05, 0) is 19.3 Å². The molecule has 1 amide bonds. The SMILES string of the molecule is CS(=O)(=O)NCC1CCCCN1[C]=O. The zero-order chi connectivity index (χ0) is 10.6. The molecule has 1 radical (unpaired) electrons. The number of rotatable bonds is 4. The lowest BCUT2D eigenvalue weighted by Gasteiger charge is -2.31. The number of sulfonamides is 1. The molecular formula is C8H15N2O3S. The molecule has 0 aliphatic carbocycles. The summed E-state index contributed by atoms with van der Waals surface area (Å²) in [6.07, 6.45) is 5.81. The van der Waals surface area contributed by atoms with E-state index in [1.165, 1.54) is 0 Å². The Morgan fingerprint density at radius 1 is 1.50 bits per heavy atom. The molecule has 1 heterocycles. The van der Waals surface area contributed by atoms with E-state index in [9.17, 15) is 13.2 Å². The Kier molecular flexibility index (Phi) is 3.88. The zero-order valence-corrected chi connectivity index (χ0v) is 9.01. The van der Waals surface area contributed by atoms with Gasteiger partial charge in [0.2, 0.25) is 10.0 Å². The summed E-state index contributed by atoms with van der Waals surface area (Å²) in [6, 6.07) is -0.0315. The molecule has 1 aliphatic rings. The van der Waals surface area contributed by atoms with Gasteiger partial charge < -0.3 is 4.90 Å². The van der Waals surface area contributed by atoms with Crippen LogP contribution in [0.2, 0.25) is 0 Å². The summed E-state index contributed by atoms with van der Waals surface area (Å²) in [6.45, 7) is 0.980. The number of hydrogen-bond acceptors (Lipinski definition) is 3. The largest absolute Gasteiger partial charge is 0.330 e. The van der Waals surface area contributed by atoms with Crippen LogP contribution in [0.5, 0.6) is 0 Å². The number of piperidine rings is 1. The summed E-state index contributed by atoms with van der Waals surface area (Å²) >= 11 is 0. The van der Waals surface area contributed by atoms with E-state index in [-0.39, 0.29) is 6.04 Å². The molecule has 0 saturated carbocycles. The minimum Gasteiger partial charge on any atom is -0.330 e. The van der Waals surface area contributed by atoms with E-state index in [0.717, 1.165) is 25.5 Å². The molecule has 1 rings (SSSR count). The van der Waals surface area contributed by atoms with Crippen LogP contribution >= 0.6 is 0 Å². The molecule has 5 nitrogen and oxygen atoms in total. The summed E-state index contributed by atoms with van der Waals surface area (Å²) in [5.74, 6) is 0. The molecule has 6 heteroatoms. The van der Waals surface area contributed by atoms with Crippen molar-refractivity contribution < 1.29 is 13.2 Å². The van der Waals surface area contributed by atoms with E-state index in [2.05, 4.69) is 4.72 Å². The molecule has 0 spiro atoms. The second kappa shape index (κ2) is 4.75. The van der Waals surface area contributed by atoms with Crippen LogP contribution in [0.1, 0.15) is 19.3 Å². The number of likely N-dealkylation sites (tertiary alicyclic amines) is 1. The van der Waals surface area contributed by atoms with Crippen LogP contribution < -0.4 is 4.72 Å². The van der Waals surface area contributed by atoms with Gasteiger partial charge in [-0.3, -0.25) is 4.79 Å². The minimum atomic E-state index is -3.16. The highest BCUT2D eigenvalue weighted by Crippen LogP contribution is 2.14. The van der Waals surface area contributed by atoms with E-state index >= 15 is 0 Å². The molecule has 81 valence electrons. The maximum absolute atomic E-state index is 10.8. The summed E-state index contributed by atoms with van der Waals surface area (Å²) < 4.78 is 24.1. The summed E-state index contributed by atoms with van der Waals surface area (Å²) in [5, 5.41) is 0. The second-order valence-corrected chi connectivity index (χ2v) is 5.39. The van der Waals surface area contributed by atoms with Crippen molar-refractivity contribution in [3.63, 3.8) is 0 Å². The summed E-state index contributed by atoms with van der Waals surface area (Å²) in [7, 11) is -3.16. The van der Waals surface area contributed by atoms with Crippen molar-refractivity contribution in [1.82, 2.24) is 9.62 Å². The predicted molar refractivity (Wildman–Crippen MR) is 52.9 cm³/mol. The zero-order valence-electron chi connectivity index (χ0n) is 8.19. The molecule has 1 atom stereocenters. The topological polar surface area (TPSA) is 66.5 Å². The second-order valence-electron chi connectivity index (χ2n) is 3.55. The molecule has 0 aromatic rings. The van der Waals surface area contributed by atoms with E-state index < -0.39 is 10.0 Å². The number of amides is 1. The van der Waals surface area contributed by atoms with Gasteiger partial charge in [0, 0.05) is 19.1 Å². The first kappa shape index (κ1) is 11.5. The highest BCUT2D eigenvalue weighted by molar-refractivity contribution is 7.88. The van der Waals surface area contributed by atoms with Crippen LogP contribution in [0.15, 0.2) is 0 Å². The van der Waals surface area contributed by atoms with Crippen molar-refractivity contribution in [2.45, 2.75) is 25.3 Å². The Bertz CT molecular complexity index is 289. The normalized spacial score (nSPS) is 23.5.